The van der Waals surface area contributed by atoms with Crippen molar-refractivity contribution in [1.29, 1.82) is 0 Å². The molecule has 20 heavy (non-hydrogen) atoms. The molecule has 0 aliphatic heterocycles. The number of carbonyl (C=O) groups is 1. The van der Waals surface area contributed by atoms with Crippen LogP contribution in [0.1, 0.15) is 28.8 Å². The molecule has 1 aromatic carbocycles. The van der Waals surface area contributed by atoms with Crippen LogP contribution in [-0.4, -0.2) is 36.7 Å². The molecule has 8 heteroatoms. The molecule has 0 aromatic heterocycles. The van der Waals surface area contributed by atoms with E-state index in [9.17, 15) is 18.3 Å². The van der Waals surface area contributed by atoms with Crippen molar-refractivity contribution in [1.82, 2.24) is 4.72 Å². The second kappa shape index (κ2) is 5.10. The van der Waals surface area contributed by atoms with E-state index in [-0.39, 0.29) is 17.1 Å². The highest BCUT2D eigenvalue weighted by atomic mass is 79.9. The molecule has 1 aromatic rings. The van der Waals surface area contributed by atoms with Crippen molar-refractivity contribution in [3.63, 3.8) is 0 Å². The number of hydrogen-bond acceptors (Lipinski definition) is 4. The Morgan fingerprint density at radius 3 is 2.50 bits per heavy atom. The van der Waals surface area contributed by atoms with Gasteiger partial charge in [-0.1, -0.05) is 15.9 Å². The standard InChI is InChI=1S/C12H14BrNO5S/c1-7-9(13)4-8(11(16)17)5-10(7)20(18,19)14-12(6-15)2-3-12/h4-5,14-15H,2-3,6H2,1H3,(H,16,17). The van der Waals surface area contributed by atoms with Crippen molar-refractivity contribution in [3.05, 3.63) is 27.7 Å². The van der Waals surface area contributed by atoms with Crippen LogP contribution in [0, 0.1) is 6.92 Å². The molecule has 3 N–H and O–H groups in total. The van der Waals surface area contributed by atoms with Crippen molar-refractivity contribution in [2.45, 2.75) is 30.2 Å². The number of halogens is 1. The number of nitrogens with one attached hydrogen (secondary N) is 1. The molecule has 0 spiro atoms. The van der Waals surface area contributed by atoms with Crippen LogP contribution >= 0.6 is 15.9 Å². The van der Waals surface area contributed by atoms with Gasteiger partial charge in [-0.2, -0.15) is 0 Å². The van der Waals surface area contributed by atoms with E-state index in [2.05, 4.69) is 20.7 Å². The Labute approximate surface area is 125 Å². The zero-order valence-electron chi connectivity index (χ0n) is 10.7. The third kappa shape index (κ3) is 2.88. The molecule has 0 bridgehead atoms. The normalized spacial score (nSPS) is 16.9. The van der Waals surface area contributed by atoms with Gasteiger partial charge < -0.3 is 10.2 Å². The predicted octanol–water partition coefficient (Wildman–Crippen LogP) is 1.26. The van der Waals surface area contributed by atoms with Gasteiger partial charge in [-0.05, 0) is 37.5 Å². The highest BCUT2D eigenvalue weighted by Gasteiger charge is 2.45. The summed E-state index contributed by atoms with van der Waals surface area (Å²) in [6.45, 7) is 1.31. The lowest BCUT2D eigenvalue weighted by Gasteiger charge is -2.17. The minimum absolute atomic E-state index is 0.0935. The molecule has 1 aliphatic carbocycles. The lowest BCUT2D eigenvalue weighted by atomic mass is 10.1. The minimum atomic E-state index is -3.88. The topological polar surface area (TPSA) is 104 Å². The van der Waals surface area contributed by atoms with Crippen LogP contribution in [0.2, 0.25) is 0 Å². The number of rotatable bonds is 5. The molecule has 6 nitrogen and oxygen atoms in total. The van der Waals surface area contributed by atoms with Gasteiger partial charge >= 0.3 is 5.97 Å². The lowest BCUT2D eigenvalue weighted by molar-refractivity contribution is 0.0696. The fraction of sp³-hybridized carbons (Fsp3) is 0.417. The number of sulfonamides is 1. The number of aliphatic hydroxyl groups excluding tert-OH is 1. The number of benzene rings is 1. The molecule has 0 amide bonds. The first-order valence-electron chi connectivity index (χ1n) is 5.89. The average molecular weight is 364 g/mol. The molecule has 0 saturated heterocycles. The molecule has 1 fully saturated rings. The second-order valence-corrected chi connectivity index (χ2v) is 7.44. The van der Waals surface area contributed by atoms with Crippen LogP contribution in [0.25, 0.3) is 0 Å². The summed E-state index contributed by atoms with van der Waals surface area (Å²) in [5, 5.41) is 18.2. The third-order valence-electron chi connectivity index (χ3n) is 3.34. The molecule has 0 atom stereocenters. The number of hydrogen-bond donors (Lipinski definition) is 3. The number of carboxylic acid groups (broad SMARTS) is 1. The summed E-state index contributed by atoms with van der Waals surface area (Å²) in [4.78, 5) is 10.9. The molecular weight excluding hydrogens is 350 g/mol. The second-order valence-electron chi connectivity index (χ2n) is 4.93. The monoisotopic (exact) mass is 363 g/mol. The maximum Gasteiger partial charge on any atom is 0.335 e. The molecule has 0 radical (unpaired) electrons. The first kappa shape index (κ1) is 15.4. The van der Waals surface area contributed by atoms with Gasteiger partial charge in [0.1, 0.15) is 0 Å². The van der Waals surface area contributed by atoms with Crippen molar-refractivity contribution < 1.29 is 23.4 Å². The zero-order chi connectivity index (χ0) is 15.1. The fourth-order valence-electron chi connectivity index (χ4n) is 1.84. The van der Waals surface area contributed by atoms with Gasteiger partial charge in [0.25, 0.3) is 0 Å². The SMILES string of the molecule is Cc1c(Br)cc(C(=O)O)cc1S(=O)(=O)NC1(CO)CC1. The summed E-state index contributed by atoms with van der Waals surface area (Å²) >= 11 is 3.17. The minimum Gasteiger partial charge on any atom is -0.478 e. The Morgan fingerprint density at radius 1 is 1.45 bits per heavy atom. The Morgan fingerprint density at radius 2 is 2.05 bits per heavy atom. The predicted molar refractivity (Wildman–Crippen MR) is 75.2 cm³/mol. The molecular formula is C12H14BrNO5S. The van der Waals surface area contributed by atoms with E-state index >= 15 is 0 Å². The number of aromatic carboxylic acids is 1. The molecule has 110 valence electrons. The van der Waals surface area contributed by atoms with Crippen molar-refractivity contribution in [2.24, 2.45) is 0 Å². The Bertz CT molecular complexity index is 667. The van der Waals surface area contributed by atoms with Crippen molar-refractivity contribution in [3.8, 4) is 0 Å². The van der Waals surface area contributed by atoms with Crippen LogP contribution in [0.15, 0.2) is 21.5 Å². The molecule has 0 unspecified atom stereocenters. The Hall–Kier alpha value is -0.960. The van der Waals surface area contributed by atoms with Crippen LogP contribution in [-0.2, 0) is 10.0 Å². The van der Waals surface area contributed by atoms with E-state index in [1.54, 1.807) is 6.92 Å². The van der Waals surface area contributed by atoms with Gasteiger partial charge in [-0.3, -0.25) is 0 Å². The summed E-state index contributed by atoms with van der Waals surface area (Å²) in [6, 6.07) is 2.48. The first-order chi connectivity index (χ1) is 9.21. The Balaban J connectivity index is 2.48. The average Bonchev–Trinajstić information content (AvgIpc) is 3.11. The van der Waals surface area contributed by atoms with E-state index in [1.807, 2.05) is 0 Å². The van der Waals surface area contributed by atoms with E-state index in [0.717, 1.165) is 6.07 Å². The lowest BCUT2D eigenvalue weighted by Crippen LogP contribution is -2.39. The van der Waals surface area contributed by atoms with Gasteiger partial charge in [0.05, 0.1) is 22.6 Å². The van der Waals surface area contributed by atoms with Crippen molar-refractivity contribution in [2.75, 3.05) is 6.61 Å². The highest BCUT2D eigenvalue weighted by Crippen LogP contribution is 2.37. The quantitative estimate of drug-likeness (QED) is 0.730. The van der Waals surface area contributed by atoms with Gasteiger partial charge in [0.15, 0.2) is 0 Å². The van der Waals surface area contributed by atoms with Crippen LogP contribution in [0.4, 0.5) is 0 Å². The number of carboxylic acids is 1. The van der Waals surface area contributed by atoms with E-state index in [0.29, 0.717) is 22.9 Å². The maximum atomic E-state index is 12.4. The fourth-order valence-corrected chi connectivity index (χ4v) is 4.17. The van der Waals surface area contributed by atoms with Crippen LogP contribution < -0.4 is 4.72 Å². The van der Waals surface area contributed by atoms with Crippen LogP contribution in [0.5, 0.6) is 0 Å². The van der Waals surface area contributed by atoms with Gasteiger partial charge in [0.2, 0.25) is 10.0 Å². The molecule has 1 aliphatic rings. The number of aliphatic hydroxyl groups is 1. The van der Waals surface area contributed by atoms with E-state index < -0.39 is 21.5 Å². The summed E-state index contributed by atoms with van der Waals surface area (Å²) in [6.07, 6.45) is 1.14. The van der Waals surface area contributed by atoms with Crippen LogP contribution in [0.3, 0.4) is 0 Å². The third-order valence-corrected chi connectivity index (χ3v) is 5.87. The summed E-state index contributed by atoms with van der Waals surface area (Å²) in [5.41, 5.74) is -0.482. The van der Waals surface area contributed by atoms with Gasteiger partial charge in [-0.25, -0.2) is 17.9 Å². The first-order valence-corrected chi connectivity index (χ1v) is 8.17. The zero-order valence-corrected chi connectivity index (χ0v) is 13.1. The van der Waals surface area contributed by atoms with Gasteiger partial charge in [-0.15, -0.1) is 0 Å². The highest BCUT2D eigenvalue weighted by molar-refractivity contribution is 9.10. The van der Waals surface area contributed by atoms with Crippen molar-refractivity contribution >= 4 is 31.9 Å². The van der Waals surface area contributed by atoms with Gasteiger partial charge in [0, 0.05) is 4.47 Å². The largest absolute Gasteiger partial charge is 0.478 e. The molecule has 2 rings (SSSR count). The summed E-state index contributed by atoms with van der Waals surface area (Å²) in [5.74, 6) is -1.20. The van der Waals surface area contributed by atoms with E-state index in [1.165, 1.54) is 6.07 Å². The Kier molecular flexibility index (Phi) is 3.94. The summed E-state index contributed by atoms with van der Waals surface area (Å²) in [7, 11) is -3.88. The maximum absolute atomic E-state index is 12.4. The summed E-state index contributed by atoms with van der Waals surface area (Å²) < 4.78 is 27.6. The smallest absolute Gasteiger partial charge is 0.335 e. The molecule has 1 saturated carbocycles. The molecule has 0 heterocycles. The van der Waals surface area contributed by atoms with E-state index in [4.69, 9.17) is 5.11 Å².